The van der Waals surface area contributed by atoms with Crippen molar-refractivity contribution in [3.05, 3.63) is 34.7 Å². The van der Waals surface area contributed by atoms with Gasteiger partial charge in [-0.1, -0.05) is 18.2 Å². The number of nitrogens with zero attached hydrogens (tertiary/aromatic N) is 2. The van der Waals surface area contributed by atoms with Gasteiger partial charge in [0.25, 0.3) is 11.1 Å². The van der Waals surface area contributed by atoms with E-state index in [1.54, 1.807) is 29.2 Å². The van der Waals surface area contributed by atoms with E-state index in [4.69, 9.17) is 9.84 Å². The molecule has 0 bridgehead atoms. The van der Waals surface area contributed by atoms with Crippen LogP contribution < -0.4 is 4.74 Å². The predicted molar refractivity (Wildman–Crippen MR) is 109 cm³/mol. The molecule has 0 aromatic heterocycles. The highest BCUT2D eigenvalue weighted by atomic mass is 32.2. The first-order valence-electron chi connectivity index (χ1n) is 9.12. The Kier molecular flexibility index (Phi) is 7.44. The lowest BCUT2D eigenvalue weighted by atomic mass is 10.2. The van der Waals surface area contributed by atoms with E-state index in [2.05, 4.69) is 0 Å². The van der Waals surface area contributed by atoms with Crippen molar-refractivity contribution in [3.8, 4) is 5.75 Å². The Morgan fingerprint density at radius 3 is 2.38 bits per heavy atom. The molecule has 1 N–H and O–H groups in total. The van der Waals surface area contributed by atoms with Gasteiger partial charge in [-0.15, -0.1) is 0 Å². The second-order valence-electron chi connectivity index (χ2n) is 6.98. The molecule has 8 nitrogen and oxygen atoms in total. The van der Waals surface area contributed by atoms with Gasteiger partial charge < -0.3 is 14.7 Å². The summed E-state index contributed by atoms with van der Waals surface area (Å²) < 4.78 is 5.22. The molecule has 1 aromatic carbocycles. The number of rotatable bonds is 8. The van der Waals surface area contributed by atoms with Crippen molar-refractivity contribution >= 4 is 40.9 Å². The molecule has 0 radical (unpaired) electrons. The van der Waals surface area contributed by atoms with Crippen LogP contribution in [0, 0.1) is 0 Å². The number of hydrogen-bond acceptors (Lipinski definition) is 6. The van der Waals surface area contributed by atoms with Crippen molar-refractivity contribution in [3.63, 3.8) is 0 Å². The lowest BCUT2D eigenvalue weighted by Crippen LogP contribution is -2.48. The van der Waals surface area contributed by atoms with Crippen LogP contribution in [0.5, 0.6) is 5.75 Å². The van der Waals surface area contributed by atoms with Gasteiger partial charge in [0, 0.05) is 17.6 Å². The second-order valence-corrected chi connectivity index (χ2v) is 7.97. The Hall–Kier alpha value is -2.81. The van der Waals surface area contributed by atoms with Gasteiger partial charge in [-0.2, -0.15) is 0 Å². The minimum atomic E-state index is -1.13. The molecule has 9 heteroatoms. The van der Waals surface area contributed by atoms with Crippen LogP contribution in [0.1, 0.15) is 33.3 Å². The molecular weight excluding hydrogens is 396 g/mol. The number of amides is 3. The highest BCUT2D eigenvalue weighted by molar-refractivity contribution is 8.18. The zero-order valence-corrected chi connectivity index (χ0v) is 17.6. The first-order valence-corrected chi connectivity index (χ1v) is 9.93. The molecule has 3 amide bonds. The Bertz CT molecular complexity index is 841. The van der Waals surface area contributed by atoms with E-state index in [1.165, 1.54) is 6.08 Å². The summed E-state index contributed by atoms with van der Waals surface area (Å²) in [6.45, 7) is 6.65. The fraction of sp³-hybridized carbons (Fsp3) is 0.400. The van der Waals surface area contributed by atoms with E-state index in [9.17, 15) is 19.2 Å². The zero-order valence-electron chi connectivity index (χ0n) is 16.7. The smallest absolute Gasteiger partial charge is 0.341 e. The molecule has 1 aliphatic heterocycles. The lowest BCUT2D eigenvalue weighted by Gasteiger charge is -2.31. The third-order valence-electron chi connectivity index (χ3n) is 4.12. The van der Waals surface area contributed by atoms with Crippen LogP contribution in [0.3, 0.4) is 0 Å². The van der Waals surface area contributed by atoms with E-state index in [1.807, 2.05) is 27.7 Å². The molecule has 1 aromatic rings. The predicted octanol–water partition coefficient (Wildman–Crippen LogP) is 2.83. The molecule has 1 fully saturated rings. The Balaban J connectivity index is 2.21. The van der Waals surface area contributed by atoms with Crippen molar-refractivity contribution in [2.75, 3.05) is 13.2 Å². The monoisotopic (exact) mass is 420 g/mol. The summed E-state index contributed by atoms with van der Waals surface area (Å²) in [5.41, 5.74) is 0.469. The fourth-order valence-corrected chi connectivity index (χ4v) is 3.87. The molecule has 0 unspecified atom stereocenters. The van der Waals surface area contributed by atoms with Crippen molar-refractivity contribution in [1.29, 1.82) is 0 Å². The number of aliphatic carboxylic acids is 1. The number of thioether (sulfide) groups is 1. The maximum atomic E-state index is 12.7. The lowest BCUT2D eigenvalue weighted by molar-refractivity contribution is -0.139. The average molecular weight is 420 g/mol. The zero-order chi connectivity index (χ0) is 21.7. The third-order valence-corrected chi connectivity index (χ3v) is 5.03. The number of benzene rings is 1. The van der Waals surface area contributed by atoms with Gasteiger partial charge in [-0.25, -0.2) is 4.79 Å². The summed E-state index contributed by atoms with van der Waals surface area (Å²) in [5.74, 6) is -1.71. The highest BCUT2D eigenvalue weighted by Gasteiger charge is 2.37. The quantitative estimate of drug-likeness (QED) is 0.645. The average Bonchev–Trinajstić information content (AvgIpc) is 2.87. The minimum Gasteiger partial charge on any atom is -0.481 e. The van der Waals surface area contributed by atoms with Gasteiger partial charge >= 0.3 is 5.97 Å². The first kappa shape index (κ1) is 22.5. The summed E-state index contributed by atoms with van der Waals surface area (Å²) in [4.78, 5) is 51.1. The molecule has 1 heterocycles. The van der Waals surface area contributed by atoms with E-state index < -0.39 is 23.7 Å². The topological polar surface area (TPSA) is 104 Å². The molecular formula is C20H24N2O6S. The summed E-state index contributed by atoms with van der Waals surface area (Å²) in [6.07, 6.45) is 1.47. The molecule has 0 atom stereocenters. The molecule has 0 spiro atoms. The standard InChI is InChI=1S/C20H24N2O6S/c1-12(2)22(13(3)4)17(23)10-21-19(26)16(29-20(21)27)9-14-7-5-6-8-15(14)28-11-18(24)25/h5-9,12-13H,10-11H2,1-4H3,(H,24,25)/b16-9-. The largest absolute Gasteiger partial charge is 0.481 e. The van der Waals surface area contributed by atoms with Crippen LogP contribution in [0.2, 0.25) is 0 Å². The van der Waals surface area contributed by atoms with Crippen LogP contribution in [0.25, 0.3) is 6.08 Å². The minimum absolute atomic E-state index is 0.0590. The van der Waals surface area contributed by atoms with Gasteiger partial charge in [0.05, 0.1) is 4.91 Å². The maximum absolute atomic E-state index is 12.7. The molecule has 156 valence electrons. The third kappa shape index (κ3) is 5.60. The number of imide groups is 1. The van der Waals surface area contributed by atoms with Gasteiger partial charge in [0.1, 0.15) is 12.3 Å². The molecule has 2 rings (SSSR count). The Morgan fingerprint density at radius 1 is 1.17 bits per heavy atom. The normalized spacial score (nSPS) is 15.5. The van der Waals surface area contributed by atoms with Crippen molar-refractivity contribution in [2.24, 2.45) is 0 Å². The molecule has 0 aliphatic carbocycles. The SMILES string of the molecule is CC(C)N(C(=O)CN1C(=O)S/C(=C\c2ccccc2OCC(=O)O)C1=O)C(C)C. The van der Waals surface area contributed by atoms with Gasteiger partial charge in [0.15, 0.2) is 6.61 Å². The van der Waals surface area contributed by atoms with Crippen LogP contribution in [-0.2, 0) is 14.4 Å². The number of carbonyl (C=O) groups excluding carboxylic acids is 3. The molecule has 0 saturated carbocycles. The molecule has 1 aliphatic rings. The van der Waals surface area contributed by atoms with E-state index in [0.717, 1.165) is 16.7 Å². The van der Waals surface area contributed by atoms with E-state index >= 15 is 0 Å². The summed E-state index contributed by atoms with van der Waals surface area (Å²) in [5, 5.41) is 8.26. The number of hydrogen-bond donors (Lipinski definition) is 1. The number of ether oxygens (including phenoxy) is 1. The number of carbonyl (C=O) groups is 4. The number of carboxylic acids is 1. The van der Waals surface area contributed by atoms with E-state index in [-0.39, 0.29) is 35.2 Å². The summed E-state index contributed by atoms with van der Waals surface area (Å²) in [6, 6.07) is 6.48. The molecule has 29 heavy (non-hydrogen) atoms. The second kappa shape index (κ2) is 9.60. The Labute approximate surface area is 173 Å². The van der Waals surface area contributed by atoms with Crippen LogP contribution >= 0.6 is 11.8 Å². The van der Waals surface area contributed by atoms with Gasteiger partial charge in [-0.3, -0.25) is 19.3 Å². The summed E-state index contributed by atoms with van der Waals surface area (Å²) >= 11 is 0.736. The number of carboxylic acid groups (broad SMARTS) is 1. The van der Waals surface area contributed by atoms with Crippen molar-refractivity contribution < 1.29 is 29.0 Å². The van der Waals surface area contributed by atoms with E-state index in [0.29, 0.717) is 5.56 Å². The Morgan fingerprint density at radius 2 is 1.79 bits per heavy atom. The molecule has 1 saturated heterocycles. The fourth-order valence-electron chi connectivity index (χ4n) is 3.04. The van der Waals surface area contributed by atoms with Gasteiger partial charge in [0.2, 0.25) is 5.91 Å². The van der Waals surface area contributed by atoms with Gasteiger partial charge in [-0.05, 0) is 51.6 Å². The maximum Gasteiger partial charge on any atom is 0.341 e. The van der Waals surface area contributed by atoms with Crippen LogP contribution in [-0.4, -0.2) is 63.2 Å². The van der Waals surface area contributed by atoms with Crippen LogP contribution in [0.4, 0.5) is 4.79 Å². The summed E-state index contributed by atoms with van der Waals surface area (Å²) in [7, 11) is 0. The first-order chi connectivity index (χ1) is 13.6. The van der Waals surface area contributed by atoms with Crippen molar-refractivity contribution in [2.45, 2.75) is 39.8 Å². The van der Waals surface area contributed by atoms with Crippen LogP contribution in [0.15, 0.2) is 29.2 Å². The number of para-hydroxylation sites is 1. The highest BCUT2D eigenvalue weighted by Crippen LogP contribution is 2.34. The van der Waals surface area contributed by atoms with Crippen molar-refractivity contribution in [1.82, 2.24) is 9.80 Å².